The van der Waals surface area contributed by atoms with Crippen molar-refractivity contribution in [1.82, 2.24) is 50.0 Å². The number of imide groups is 2. The summed E-state index contributed by atoms with van der Waals surface area (Å²) in [4.78, 5) is 48.3. The lowest BCUT2D eigenvalue weighted by Crippen LogP contribution is -2.29. The Morgan fingerprint density at radius 3 is 1.56 bits per heavy atom. The number of benzene rings is 4. The number of halogens is 2. The fourth-order valence-corrected chi connectivity index (χ4v) is 8.03. The number of likely N-dealkylation sites (N-methyl/N-ethyl adjacent to an activating group) is 2. The highest BCUT2D eigenvalue weighted by atomic mass is 35.5. The highest BCUT2D eigenvalue weighted by Crippen LogP contribution is 2.37. The van der Waals surface area contributed by atoms with E-state index in [4.69, 9.17) is 27.4 Å². The van der Waals surface area contributed by atoms with Crippen LogP contribution in [-0.2, 0) is 50.1 Å². The number of carbonyl (C=O) groups excluding carboxylic acids is 4. The second-order valence-electron chi connectivity index (χ2n) is 16.1. The second-order valence-corrected chi connectivity index (χ2v) is 18.5. The molecule has 4 aromatic carbocycles. The molecule has 328 valence electrons. The second kappa shape index (κ2) is 18.0. The van der Waals surface area contributed by atoms with E-state index >= 15 is 0 Å². The summed E-state index contributed by atoms with van der Waals surface area (Å²) in [5.41, 5.74) is 8.73. The number of aromatic nitrogens is 6. The Bertz CT molecular complexity index is 2830. The molecule has 0 bridgehead atoms. The van der Waals surface area contributed by atoms with Crippen LogP contribution in [0.5, 0.6) is 0 Å². The van der Waals surface area contributed by atoms with Crippen molar-refractivity contribution in [3.05, 3.63) is 94.0 Å². The first kappa shape index (κ1) is 43.7. The zero-order valence-corrected chi connectivity index (χ0v) is 37.0. The smallest absolute Gasteiger partial charge is 0.327 e. The molecule has 17 nitrogen and oxygen atoms in total. The van der Waals surface area contributed by atoms with Crippen molar-refractivity contribution in [2.75, 3.05) is 33.4 Å². The third-order valence-electron chi connectivity index (χ3n) is 11.2. The number of hydrogen-bond acceptors (Lipinski definition) is 11. The summed E-state index contributed by atoms with van der Waals surface area (Å²) in [5, 5.41) is 20.6. The molecule has 0 spiro atoms. The predicted octanol–water partition coefficient (Wildman–Crippen LogP) is 6.36. The molecule has 6 amide bonds. The van der Waals surface area contributed by atoms with Crippen LogP contribution in [0.2, 0.25) is 10.0 Å². The number of rotatable bonds is 11. The van der Waals surface area contributed by atoms with E-state index in [2.05, 4.69) is 25.9 Å². The van der Waals surface area contributed by atoms with Gasteiger partial charge in [0.2, 0.25) is 11.8 Å². The van der Waals surface area contributed by atoms with Gasteiger partial charge in [-0.25, -0.2) is 19.0 Å². The van der Waals surface area contributed by atoms with Crippen molar-refractivity contribution in [3.8, 4) is 22.3 Å². The summed E-state index contributed by atoms with van der Waals surface area (Å²) in [7, 11) is -0.501. The quantitative estimate of drug-likeness (QED) is 0.112. The molecule has 2 saturated carbocycles. The van der Waals surface area contributed by atoms with Gasteiger partial charge in [-0.05, 0) is 71.9 Å². The number of nitrogens with zero attached hydrogens (tertiary/aromatic N) is 9. The number of fused-ring (bicyclic) bond motifs is 2. The number of hydrogen-bond donors (Lipinski definition) is 1. The van der Waals surface area contributed by atoms with Crippen LogP contribution in [0, 0.1) is 11.8 Å². The van der Waals surface area contributed by atoms with Crippen LogP contribution in [0.4, 0.5) is 9.59 Å². The van der Waals surface area contributed by atoms with Crippen LogP contribution in [-0.4, -0.2) is 110 Å². The number of carbonyl (C=O) groups is 4. The molecule has 0 radical (unpaired) electrons. The summed E-state index contributed by atoms with van der Waals surface area (Å²) in [6.45, 7) is 2.47. The first-order chi connectivity index (χ1) is 30.1. The van der Waals surface area contributed by atoms with Crippen LogP contribution < -0.4 is 5.32 Å². The van der Waals surface area contributed by atoms with Gasteiger partial charge in [0.15, 0.2) is 0 Å². The first-order valence-corrected chi connectivity index (χ1v) is 22.9. The molecule has 1 N–H and O–H groups in total. The Kier molecular flexibility index (Phi) is 12.5. The molecule has 4 heterocycles. The minimum Gasteiger partial charge on any atom is -0.329 e. The monoisotopic (exact) mass is 914 g/mol. The average Bonchev–Trinajstić information content (AvgIpc) is 4.15. The SMILES string of the molecule is CN1C(=O)CN(Cc2ccc(-c3ccc4c(nnn4CC4CC4)c3Cl)cc2)C1=O.CN1C(=O)CNC1=O.CS(=O)(=O)OCc1ccc(-c2ccc3c(nnn3CC3CC3)c2Cl)cc1. The van der Waals surface area contributed by atoms with Gasteiger partial charge in [0, 0.05) is 44.9 Å². The van der Waals surface area contributed by atoms with E-state index in [1.165, 1.54) is 44.7 Å². The topological polar surface area (TPSA) is 195 Å². The Balaban J connectivity index is 0.000000148. The van der Waals surface area contributed by atoms with Gasteiger partial charge in [-0.2, -0.15) is 8.42 Å². The van der Waals surface area contributed by atoms with Crippen LogP contribution in [0.15, 0.2) is 72.8 Å². The molecule has 20 heteroatoms. The number of amides is 6. The molecule has 4 fully saturated rings. The van der Waals surface area contributed by atoms with Gasteiger partial charge in [-0.3, -0.25) is 23.6 Å². The zero-order valence-electron chi connectivity index (χ0n) is 34.7. The van der Waals surface area contributed by atoms with E-state index in [0.29, 0.717) is 33.9 Å². The zero-order chi connectivity index (χ0) is 44.6. The fraction of sp³-hybridized carbons (Fsp3) is 0.349. The molecule has 0 unspecified atom stereocenters. The summed E-state index contributed by atoms with van der Waals surface area (Å²) >= 11 is 13.2. The maximum atomic E-state index is 12.0. The lowest BCUT2D eigenvalue weighted by molar-refractivity contribution is -0.125. The van der Waals surface area contributed by atoms with Crippen LogP contribution >= 0.6 is 23.2 Å². The lowest BCUT2D eigenvalue weighted by Gasteiger charge is -2.15. The Hall–Kier alpha value is -5.95. The van der Waals surface area contributed by atoms with Gasteiger partial charge in [0.25, 0.3) is 10.1 Å². The van der Waals surface area contributed by atoms with Gasteiger partial charge >= 0.3 is 12.1 Å². The fourth-order valence-electron chi connectivity index (χ4n) is 7.06. The average molecular weight is 916 g/mol. The van der Waals surface area contributed by atoms with Crippen molar-refractivity contribution >= 4 is 79.3 Å². The Labute approximate surface area is 373 Å². The summed E-state index contributed by atoms with van der Waals surface area (Å²) < 4.78 is 30.8. The lowest BCUT2D eigenvalue weighted by atomic mass is 10.0. The predicted molar refractivity (Wildman–Crippen MR) is 236 cm³/mol. The molecule has 2 aliphatic heterocycles. The third kappa shape index (κ3) is 10.1. The minimum absolute atomic E-state index is 0.0153. The summed E-state index contributed by atoms with van der Waals surface area (Å²) in [6, 6.07) is 22.7. The molecular formula is C43H44Cl2N10O7S. The summed E-state index contributed by atoms with van der Waals surface area (Å²) in [5.74, 6) is 1.07. The maximum absolute atomic E-state index is 12.0. The molecule has 63 heavy (non-hydrogen) atoms. The highest BCUT2D eigenvalue weighted by molar-refractivity contribution is 7.85. The van der Waals surface area contributed by atoms with Crippen molar-refractivity contribution in [1.29, 1.82) is 0 Å². The molecule has 2 saturated heterocycles. The molecular weight excluding hydrogens is 872 g/mol. The van der Waals surface area contributed by atoms with E-state index in [1.54, 1.807) is 0 Å². The summed E-state index contributed by atoms with van der Waals surface area (Å²) in [6.07, 6.45) is 6.05. The van der Waals surface area contributed by atoms with Gasteiger partial charge in [0.05, 0.1) is 40.5 Å². The van der Waals surface area contributed by atoms with Crippen LogP contribution in [0.25, 0.3) is 44.3 Å². The number of urea groups is 2. The van der Waals surface area contributed by atoms with Gasteiger partial charge in [0.1, 0.15) is 17.6 Å². The molecule has 6 aromatic rings. The van der Waals surface area contributed by atoms with Gasteiger partial charge in [-0.15, -0.1) is 10.2 Å². The third-order valence-corrected chi connectivity index (χ3v) is 12.5. The normalized spacial score (nSPS) is 16.4. The van der Waals surface area contributed by atoms with Gasteiger partial charge < -0.3 is 10.2 Å². The Morgan fingerprint density at radius 1 is 0.683 bits per heavy atom. The standard InChI is InChI=1S/C21H20ClN5O2.C18H18ClN3O3S.C4H6N2O2/c1-25-18(28)12-26(21(25)29)10-13-4-6-15(7-5-13)16-8-9-17-20(19(16)22)23-24-27(17)11-14-2-3-14;1-26(23,24)25-11-13-4-6-14(7-5-13)15-8-9-16-18(17(15)19)20-21-22(16)10-12-2-3-12;1-6-3(7)2-5-4(6)8/h4-9,14H,2-3,10-12H2,1H3;4-9,12H,2-3,10-11H2,1H3;2H2,1H3,(H,5,8). The molecule has 4 aliphatic rings. The van der Waals surface area contributed by atoms with Crippen molar-refractivity contribution in [2.45, 2.75) is 51.9 Å². The molecule has 0 atom stereocenters. The largest absolute Gasteiger partial charge is 0.329 e. The first-order valence-electron chi connectivity index (χ1n) is 20.3. The Morgan fingerprint density at radius 2 is 1.17 bits per heavy atom. The maximum Gasteiger partial charge on any atom is 0.327 e. The van der Waals surface area contributed by atoms with Crippen LogP contribution in [0.3, 0.4) is 0 Å². The van der Waals surface area contributed by atoms with E-state index < -0.39 is 10.1 Å². The van der Waals surface area contributed by atoms with Crippen molar-refractivity contribution in [3.63, 3.8) is 0 Å². The van der Waals surface area contributed by atoms with E-state index in [-0.39, 0.29) is 43.6 Å². The van der Waals surface area contributed by atoms with Crippen LogP contribution in [0.1, 0.15) is 36.8 Å². The minimum atomic E-state index is -3.46. The molecule has 10 rings (SSSR count). The highest BCUT2D eigenvalue weighted by Gasteiger charge is 2.33. The molecule has 2 aromatic heterocycles. The van der Waals surface area contributed by atoms with Crippen molar-refractivity contribution in [2.24, 2.45) is 11.8 Å². The molecule has 2 aliphatic carbocycles. The van der Waals surface area contributed by atoms with Gasteiger partial charge in [-0.1, -0.05) is 94.3 Å². The number of nitrogens with one attached hydrogen (secondary N) is 1. The van der Waals surface area contributed by atoms with E-state index in [0.717, 1.165) is 79.1 Å². The van der Waals surface area contributed by atoms with E-state index in [9.17, 15) is 27.6 Å². The van der Waals surface area contributed by atoms with E-state index in [1.807, 2.05) is 82.2 Å². The van der Waals surface area contributed by atoms with Crippen molar-refractivity contribution < 1.29 is 31.8 Å².